The lowest BCUT2D eigenvalue weighted by Crippen LogP contribution is -2.49. The van der Waals surface area contributed by atoms with Gasteiger partial charge in [-0.05, 0) is 42.3 Å². The monoisotopic (exact) mass is 415 g/mol. The summed E-state index contributed by atoms with van der Waals surface area (Å²) in [4.78, 5) is 20.8. The van der Waals surface area contributed by atoms with Crippen LogP contribution in [0.25, 0.3) is 0 Å². The third kappa shape index (κ3) is 5.30. The second kappa shape index (κ2) is 9.45. The molecule has 1 aliphatic rings. The number of nitriles is 1. The van der Waals surface area contributed by atoms with Crippen LogP contribution in [-0.2, 0) is 13.1 Å². The van der Waals surface area contributed by atoms with Crippen LogP contribution in [0.15, 0.2) is 61.1 Å². The first-order valence-electron chi connectivity index (χ1n) is 10.3. The second-order valence-electron chi connectivity index (χ2n) is 7.77. The van der Waals surface area contributed by atoms with Gasteiger partial charge in [-0.25, -0.2) is 9.78 Å². The summed E-state index contributed by atoms with van der Waals surface area (Å²) in [7, 11) is 0. The first-order chi connectivity index (χ1) is 15.1. The van der Waals surface area contributed by atoms with Crippen molar-refractivity contribution in [3.8, 4) is 11.8 Å². The molecular formula is C24H25N5O2. The summed E-state index contributed by atoms with van der Waals surface area (Å²) in [6, 6.07) is 17.3. The van der Waals surface area contributed by atoms with Crippen molar-refractivity contribution < 1.29 is 9.53 Å². The molecule has 0 aliphatic carbocycles. The molecule has 0 radical (unpaired) electrons. The van der Waals surface area contributed by atoms with E-state index >= 15 is 0 Å². The number of carbonyl (C=O) groups is 1. The first-order valence-corrected chi connectivity index (χ1v) is 10.3. The summed E-state index contributed by atoms with van der Waals surface area (Å²) in [5.41, 5.74) is 3.98. The normalized spacial score (nSPS) is 14.3. The maximum atomic E-state index is 12.5. The number of aromatic nitrogens is 2. The largest absolute Gasteiger partial charge is 0.415 e. The van der Waals surface area contributed by atoms with Crippen LogP contribution in [0.1, 0.15) is 22.4 Å². The minimum absolute atomic E-state index is 0.295. The molecule has 0 saturated carbocycles. The van der Waals surface area contributed by atoms with Crippen molar-refractivity contribution in [3.63, 3.8) is 0 Å². The molecule has 2 heterocycles. The molecule has 3 aromatic rings. The van der Waals surface area contributed by atoms with Crippen molar-refractivity contribution in [1.29, 1.82) is 5.26 Å². The molecule has 1 amide bonds. The van der Waals surface area contributed by atoms with Gasteiger partial charge in [0, 0.05) is 45.5 Å². The molecule has 0 bridgehead atoms. The Hall–Kier alpha value is -3.63. The SMILES string of the molecule is Cc1cccc(OC(=O)N2CCN(Cc3cncn3Cc3ccc(C#N)cc3)CC2)c1. The van der Waals surface area contributed by atoms with Crippen molar-refractivity contribution in [2.24, 2.45) is 0 Å². The molecule has 1 saturated heterocycles. The topological polar surface area (TPSA) is 74.4 Å². The molecule has 0 spiro atoms. The van der Waals surface area contributed by atoms with Gasteiger partial charge in [-0.15, -0.1) is 0 Å². The fraction of sp³-hybridized carbons (Fsp3) is 0.292. The van der Waals surface area contributed by atoms with E-state index in [0.717, 1.165) is 36.5 Å². The maximum absolute atomic E-state index is 12.5. The van der Waals surface area contributed by atoms with Gasteiger partial charge in [0.25, 0.3) is 0 Å². The minimum Gasteiger partial charge on any atom is -0.410 e. The van der Waals surface area contributed by atoms with E-state index in [1.165, 1.54) is 0 Å². The van der Waals surface area contributed by atoms with Crippen molar-refractivity contribution in [2.75, 3.05) is 26.2 Å². The number of piperazine rings is 1. The molecule has 7 nitrogen and oxygen atoms in total. The quantitative estimate of drug-likeness (QED) is 0.638. The zero-order valence-electron chi connectivity index (χ0n) is 17.6. The van der Waals surface area contributed by atoms with Crippen LogP contribution < -0.4 is 4.74 Å². The van der Waals surface area contributed by atoms with E-state index in [1.807, 2.05) is 61.9 Å². The van der Waals surface area contributed by atoms with Crippen molar-refractivity contribution in [2.45, 2.75) is 20.0 Å². The molecule has 1 fully saturated rings. The van der Waals surface area contributed by atoms with Gasteiger partial charge in [0.1, 0.15) is 5.75 Å². The average Bonchev–Trinajstić information content (AvgIpc) is 3.21. The van der Waals surface area contributed by atoms with E-state index < -0.39 is 0 Å². The summed E-state index contributed by atoms with van der Waals surface area (Å²) in [5, 5.41) is 8.95. The van der Waals surface area contributed by atoms with E-state index in [-0.39, 0.29) is 6.09 Å². The fourth-order valence-corrected chi connectivity index (χ4v) is 3.67. The van der Waals surface area contributed by atoms with Crippen LogP contribution in [0.4, 0.5) is 4.79 Å². The highest BCUT2D eigenvalue weighted by Crippen LogP contribution is 2.16. The van der Waals surface area contributed by atoms with Crippen LogP contribution in [0.5, 0.6) is 5.75 Å². The van der Waals surface area contributed by atoms with Crippen molar-refractivity contribution >= 4 is 6.09 Å². The Labute approximate surface area is 182 Å². The Morgan fingerprint density at radius 2 is 1.87 bits per heavy atom. The molecular weight excluding hydrogens is 390 g/mol. The molecule has 0 N–H and O–H groups in total. The Morgan fingerprint density at radius 3 is 2.58 bits per heavy atom. The highest BCUT2D eigenvalue weighted by molar-refractivity contribution is 5.70. The van der Waals surface area contributed by atoms with E-state index in [0.29, 0.717) is 30.9 Å². The maximum Gasteiger partial charge on any atom is 0.415 e. The number of hydrogen-bond donors (Lipinski definition) is 0. The predicted molar refractivity (Wildman–Crippen MR) is 117 cm³/mol. The molecule has 7 heteroatoms. The Morgan fingerprint density at radius 1 is 1.10 bits per heavy atom. The number of aryl methyl sites for hydroxylation is 1. The lowest BCUT2D eigenvalue weighted by Gasteiger charge is -2.34. The lowest BCUT2D eigenvalue weighted by molar-refractivity contribution is 0.107. The number of amides is 1. The summed E-state index contributed by atoms with van der Waals surface area (Å²) in [6.07, 6.45) is 3.43. The fourth-order valence-electron chi connectivity index (χ4n) is 3.67. The molecule has 0 atom stereocenters. The van der Waals surface area contributed by atoms with Gasteiger partial charge >= 0.3 is 6.09 Å². The van der Waals surface area contributed by atoms with E-state index in [1.54, 1.807) is 11.0 Å². The van der Waals surface area contributed by atoms with Gasteiger partial charge in [-0.3, -0.25) is 4.90 Å². The number of benzene rings is 2. The number of nitrogens with zero attached hydrogens (tertiary/aromatic N) is 5. The molecule has 1 aliphatic heterocycles. The van der Waals surface area contributed by atoms with Gasteiger partial charge in [-0.2, -0.15) is 5.26 Å². The van der Waals surface area contributed by atoms with E-state index in [2.05, 4.69) is 20.5 Å². The zero-order chi connectivity index (χ0) is 21.6. The van der Waals surface area contributed by atoms with Crippen molar-refractivity contribution in [3.05, 3.63) is 83.4 Å². The first kappa shape index (κ1) is 20.6. The molecule has 2 aromatic carbocycles. The molecule has 1 aromatic heterocycles. The molecule has 0 unspecified atom stereocenters. The summed E-state index contributed by atoms with van der Waals surface area (Å²) >= 11 is 0. The van der Waals surface area contributed by atoms with Crippen LogP contribution in [0.2, 0.25) is 0 Å². The third-order valence-corrected chi connectivity index (χ3v) is 5.45. The summed E-state index contributed by atoms with van der Waals surface area (Å²) in [6.45, 7) is 6.29. The molecule has 158 valence electrons. The number of hydrogen-bond acceptors (Lipinski definition) is 5. The number of carbonyl (C=O) groups excluding carboxylic acids is 1. The van der Waals surface area contributed by atoms with Crippen molar-refractivity contribution in [1.82, 2.24) is 19.4 Å². The van der Waals surface area contributed by atoms with Crippen LogP contribution in [0.3, 0.4) is 0 Å². The predicted octanol–water partition coefficient (Wildman–Crippen LogP) is 3.43. The lowest BCUT2D eigenvalue weighted by atomic mass is 10.1. The molecule has 31 heavy (non-hydrogen) atoms. The minimum atomic E-state index is -0.295. The standard InChI is InChI=1S/C24H25N5O2/c1-19-3-2-4-23(13-19)31-24(30)28-11-9-27(10-12-28)17-22-15-26-18-29(22)16-21-7-5-20(14-25)6-8-21/h2-8,13,15,18H,9-12,16-17H2,1H3. The van der Waals surface area contributed by atoms with Gasteiger partial charge in [-0.1, -0.05) is 24.3 Å². The Balaban J connectivity index is 1.30. The number of rotatable bonds is 5. The van der Waals surface area contributed by atoms with Gasteiger partial charge < -0.3 is 14.2 Å². The highest BCUT2D eigenvalue weighted by atomic mass is 16.6. The van der Waals surface area contributed by atoms with E-state index in [4.69, 9.17) is 10.00 Å². The summed E-state index contributed by atoms with van der Waals surface area (Å²) < 4.78 is 7.64. The second-order valence-corrected chi connectivity index (χ2v) is 7.77. The van der Waals surface area contributed by atoms with Crippen LogP contribution in [0, 0.1) is 18.3 Å². The third-order valence-electron chi connectivity index (χ3n) is 5.45. The number of imidazole rings is 1. The van der Waals surface area contributed by atoms with E-state index in [9.17, 15) is 4.79 Å². The van der Waals surface area contributed by atoms with Crippen LogP contribution >= 0.6 is 0 Å². The smallest absolute Gasteiger partial charge is 0.410 e. The average molecular weight is 415 g/mol. The van der Waals surface area contributed by atoms with Gasteiger partial charge in [0.2, 0.25) is 0 Å². The zero-order valence-corrected chi connectivity index (χ0v) is 17.6. The van der Waals surface area contributed by atoms with Gasteiger partial charge in [0.05, 0.1) is 23.7 Å². The Bertz CT molecular complexity index is 1080. The van der Waals surface area contributed by atoms with Gasteiger partial charge in [0.15, 0.2) is 0 Å². The number of ether oxygens (including phenoxy) is 1. The molecule has 4 rings (SSSR count). The van der Waals surface area contributed by atoms with Crippen LogP contribution in [-0.4, -0.2) is 51.6 Å². The highest BCUT2D eigenvalue weighted by Gasteiger charge is 2.23. The summed E-state index contributed by atoms with van der Waals surface area (Å²) in [5.74, 6) is 0.583. The Kier molecular flexibility index (Phi) is 6.29.